The summed E-state index contributed by atoms with van der Waals surface area (Å²) in [5, 5.41) is 11.4. The number of aromatic nitrogens is 3. The molecular formula is C14H26N6O. The van der Waals surface area contributed by atoms with Gasteiger partial charge in [-0.25, -0.2) is 0 Å². The molecule has 0 fully saturated rings. The highest BCUT2D eigenvalue weighted by Gasteiger charge is 2.35. The molecule has 7 heteroatoms. The predicted molar refractivity (Wildman–Crippen MR) is 80.4 cm³/mol. The Hall–Kier alpha value is -1.47. The van der Waals surface area contributed by atoms with Crippen LogP contribution >= 0.6 is 0 Å². The highest BCUT2D eigenvalue weighted by molar-refractivity contribution is 5.84. The third-order valence-corrected chi connectivity index (χ3v) is 4.15. The van der Waals surface area contributed by atoms with Crippen LogP contribution in [0, 0.1) is 0 Å². The Bertz CT molecular complexity index is 499. The van der Waals surface area contributed by atoms with Crippen LogP contribution in [0.15, 0.2) is 6.33 Å². The van der Waals surface area contributed by atoms with E-state index in [1.54, 1.807) is 6.33 Å². The van der Waals surface area contributed by atoms with Crippen molar-refractivity contribution >= 4 is 5.91 Å². The zero-order valence-corrected chi connectivity index (χ0v) is 13.3. The summed E-state index contributed by atoms with van der Waals surface area (Å²) in [4.78, 5) is 14.2. The molecule has 1 amide bonds. The Balaban J connectivity index is 2.03. The van der Waals surface area contributed by atoms with E-state index >= 15 is 0 Å². The molecule has 1 aromatic rings. The summed E-state index contributed by atoms with van der Waals surface area (Å²) in [6, 6.07) is 0.443. The number of nitrogens with two attached hydrogens (primary N) is 1. The molecule has 0 saturated carbocycles. The van der Waals surface area contributed by atoms with Gasteiger partial charge in [0.15, 0.2) is 0 Å². The van der Waals surface area contributed by atoms with Gasteiger partial charge in [-0.15, -0.1) is 10.2 Å². The maximum Gasteiger partial charge on any atom is 0.237 e. The van der Waals surface area contributed by atoms with Crippen LogP contribution in [-0.2, 0) is 17.9 Å². The van der Waals surface area contributed by atoms with Gasteiger partial charge in [0.25, 0.3) is 0 Å². The number of carbonyl (C=O) groups excluding carboxylic acids is 1. The maximum absolute atomic E-state index is 11.8. The molecule has 2 atom stereocenters. The summed E-state index contributed by atoms with van der Waals surface area (Å²) < 4.78 is 2.07. The second-order valence-corrected chi connectivity index (χ2v) is 6.46. The maximum atomic E-state index is 11.8. The fraction of sp³-hybridized carbons (Fsp3) is 0.786. The van der Waals surface area contributed by atoms with Gasteiger partial charge in [-0.2, -0.15) is 0 Å². The van der Waals surface area contributed by atoms with Crippen LogP contribution < -0.4 is 11.1 Å². The summed E-state index contributed by atoms with van der Waals surface area (Å²) in [7, 11) is 0. The number of hydrogen-bond donors (Lipinski definition) is 2. The van der Waals surface area contributed by atoms with Crippen molar-refractivity contribution in [1.29, 1.82) is 0 Å². The van der Waals surface area contributed by atoms with Crippen molar-refractivity contribution in [2.75, 3.05) is 6.54 Å². The lowest BCUT2D eigenvalue weighted by Gasteiger charge is -2.38. The second kappa shape index (κ2) is 6.11. The van der Waals surface area contributed by atoms with Crippen LogP contribution in [0.5, 0.6) is 0 Å². The number of nitrogens with zero attached hydrogens (tertiary/aromatic N) is 4. The molecule has 0 saturated heterocycles. The molecule has 0 aromatic carbocycles. The molecule has 7 nitrogen and oxygen atoms in total. The average molecular weight is 294 g/mol. The number of amides is 1. The smallest absolute Gasteiger partial charge is 0.237 e. The summed E-state index contributed by atoms with van der Waals surface area (Å²) in [5.41, 5.74) is 4.91. The van der Waals surface area contributed by atoms with Gasteiger partial charge in [-0.1, -0.05) is 0 Å². The van der Waals surface area contributed by atoms with Crippen molar-refractivity contribution in [2.45, 2.75) is 64.8 Å². The molecule has 0 spiro atoms. The van der Waals surface area contributed by atoms with Gasteiger partial charge in [0.1, 0.15) is 12.2 Å². The molecule has 1 aliphatic heterocycles. The van der Waals surface area contributed by atoms with E-state index in [-0.39, 0.29) is 18.0 Å². The number of carbonyl (C=O) groups is 1. The monoisotopic (exact) mass is 294 g/mol. The molecule has 0 bridgehead atoms. The van der Waals surface area contributed by atoms with Crippen molar-refractivity contribution in [3.63, 3.8) is 0 Å². The fourth-order valence-corrected chi connectivity index (χ4v) is 3.05. The second-order valence-electron chi connectivity index (χ2n) is 6.46. The van der Waals surface area contributed by atoms with Crippen molar-refractivity contribution < 1.29 is 4.79 Å². The van der Waals surface area contributed by atoms with E-state index in [0.717, 1.165) is 25.5 Å². The third-order valence-electron chi connectivity index (χ3n) is 4.15. The summed E-state index contributed by atoms with van der Waals surface area (Å²) in [6.45, 7) is 10.6. The molecule has 2 heterocycles. The molecule has 21 heavy (non-hydrogen) atoms. The molecule has 0 radical (unpaired) electrons. The summed E-state index contributed by atoms with van der Waals surface area (Å²) in [5.74, 6) is 0.675. The number of fused-ring (bicyclic) bond motifs is 1. The van der Waals surface area contributed by atoms with Gasteiger partial charge in [0.2, 0.25) is 5.91 Å². The molecule has 2 unspecified atom stereocenters. The SMILES string of the molecule is CC(C)NC(C)(CC(C)N1CCn2cnnc2C1)C(N)=O. The quantitative estimate of drug-likeness (QED) is 0.777. The number of nitrogens with one attached hydrogen (secondary N) is 1. The molecular weight excluding hydrogens is 268 g/mol. The van der Waals surface area contributed by atoms with Gasteiger partial charge in [-0.3, -0.25) is 9.69 Å². The molecule has 1 aromatic heterocycles. The average Bonchev–Trinajstić information content (AvgIpc) is 2.84. The van der Waals surface area contributed by atoms with Gasteiger partial charge in [-0.05, 0) is 34.1 Å². The first-order valence-corrected chi connectivity index (χ1v) is 7.50. The predicted octanol–water partition coefficient (Wildman–Crippen LogP) is 0.114. The van der Waals surface area contributed by atoms with Gasteiger partial charge >= 0.3 is 0 Å². The number of rotatable bonds is 6. The van der Waals surface area contributed by atoms with Crippen LogP contribution in [-0.4, -0.2) is 49.7 Å². The Morgan fingerprint density at radius 3 is 2.81 bits per heavy atom. The minimum absolute atomic E-state index is 0.208. The highest BCUT2D eigenvalue weighted by atomic mass is 16.1. The van der Waals surface area contributed by atoms with Crippen molar-refractivity contribution in [3.8, 4) is 0 Å². The van der Waals surface area contributed by atoms with Gasteiger partial charge in [0, 0.05) is 25.2 Å². The molecule has 0 aliphatic carbocycles. The minimum atomic E-state index is -0.696. The van der Waals surface area contributed by atoms with Crippen molar-refractivity contribution in [3.05, 3.63) is 12.2 Å². The topological polar surface area (TPSA) is 89.1 Å². The largest absolute Gasteiger partial charge is 0.368 e. The van der Waals surface area contributed by atoms with Gasteiger partial charge < -0.3 is 15.6 Å². The number of hydrogen-bond acceptors (Lipinski definition) is 5. The first kappa shape index (κ1) is 15.9. The molecule has 2 rings (SSSR count). The zero-order valence-electron chi connectivity index (χ0n) is 13.3. The van der Waals surface area contributed by atoms with E-state index in [2.05, 4.69) is 31.9 Å². The first-order valence-electron chi connectivity index (χ1n) is 7.50. The van der Waals surface area contributed by atoms with Crippen LogP contribution in [0.25, 0.3) is 0 Å². The van der Waals surface area contributed by atoms with Gasteiger partial charge in [0.05, 0.1) is 12.1 Å². The van der Waals surface area contributed by atoms with Crippen LogP contribution in [0.2, 0.25) is 0 Å². The van der Waals surface area contributed by atoms with E-state index in [1.165, 1.54) is 0 Å². The Kier molecular flexibility index (Phi) is 4.63. The highest BCUT2D eigenvalue weighted by Crippen LogP contribution is 2.20. The molecule has 1 aliphatic rings. The van der Waals surface area contributed by atoms with Crippen LogP contribution in [0.1, 0.15) is 39.9 Å². The first-order chi connectivity index (χ1) is 9.82. The van der Waals surface area contributed by atoms with E-state index in [4.69, 9.17) is 5.73 Å². The van der Waals surface area contributed by atoms with Crippen molar-refractivity contribution in [1.82, 2.24) is 25.0 Å². The Morgan fingerprint density at radius 1 is 1.48 bits per heavy atom. The fourth-order valence-electron chi connectivity index (χ4n) is 3.05. The van der Waals surface area contributed by atoms with E-state index < -0.39 is 5.54 Å². The normalized spacial score (nSPS) is 20.0. The lowest BCUT2D eigenvalue weighted by molar-refractivity contribution is -0.125. The molecule has 118 valence electrons. The van der Waals surface area contributed by atoms with Crippen LogP contribution in [0.3, 0.4) is 0 Å². The van der Waals surface area contributed by atoms with E-state index in [9.17, 15) is 4.79 Å². The lowest BCUT2D eigenvalue weighted by Crippen LogP contribution is -2.58. The summed E-state index contributed by atoms with van der Waals surface area (Å²) >= 11 is 0. The zero-order chi connectivity index (χ0) is 15.6. The third kappa shape index (κ3) is 3.59. The van der Waals surface area contributed by atoms with E-state index in [0.29, 0.717) is 6.42 Å². The minimum Gasteiger partial charge on any atom is -0.368 e. The van der Waals surface area contributed by atoms with E-state index in [1.807, 2.05) is 20.8 Å². The van der Waals surface area contributed by atoms with Crippen LogP contribution in [0.4, 0.5) is 0 Å². The lowest BCUT2D eigenvalue weighted by atomic mass is 9.91. The summed E-state index contributed by atoms with van der Waals surface area (Å²) in [6.07, 6.45) is 2.44. The standard InChI is InChI=1S/C14H26N6O/c1-10(2)17-14(4,13(15)21)7-11(3)19-5-6-20-9-16-18-12(20)8-19/h9-11,17H,5-8H2,1-4H3,(H2,15,21). The Labute approximate surface area is 125 Å². The number of primary amides is 1. The molecule has 3 N–H and O–H groups in total. The van der Waals surface area contributed by atoms with Crippen molar-refractivity contribution in [2.24, 2.45) is 5.73 Å². The Morgan fingerprint density at radius 2 is 2.19 bits per heavy atom.